The number of nitrogens with one attached hydrogen (secondary N) is 1. The summed E-state index contributed by atoms with van der Waals surface area (Å²) in [7, 11) is -2.00. The van der Waals surface area contributed by atoms with E-state index < -0.39 is 10.0 Å². The Balaban J connectivity index is 1.82. The van der Waals surface area contributed by atoms with Crippen molar-refractivity contribution in [3.05, 3.63) is 64.7 Å². The lowest BCUT2D eigenvalue weighted by atomic mass is 10.0. The molecule has 0 radical (unpaired) electrons. The summed E-state index contributed by atoms with van der Waals surface area (Å²) < 4.78 is 24.8. The number of hydrogen-bond donors (Lipinski definition) is 1. The molecular weight excluding hydrogens is 348 g/mol. The van der Waals surface area contributed by atoms with E-state index in [1.165, 1.54) is 24.6 Å². The fourth-order valence-electron chi connectivity index (χ4n) is 3.34. The van der Waals surface area contributed by atoms with E-state index in [0.717, 1.165) is 29.0 Å². The molecule has 0 heterocycles. The number of anilines is 1. The molecular formula is C20H24N2O3S. The van der Waals surface area contributed by atoms with Crippen LogP contribution in [0.3, 0.4) is 0 Å². The number of fused-ring (bicyclic) bond motifs is 1. The molecule has 0 bridgehead atoms. The van der Waals surface area contributed by atoms with Crippen LogP contribution in [0.15, 0.2) is 42.5 Å². The highest BCUT2D eigenvalue weighted by molar-refractivity contribution is 7.92. The monoisotopic (exact) mass is 372 g/mol. The van der Waals surface area contributed by atoms with Gasteiger partial charge in [0, 0.05) is 7.05 Å². The Bertz CT molecular complexity index is 938. The molecule has 1 atom stereocenters. The fourth-order valence-corrected chi connectivity index (χ4v) is 3.85. The highest BCUT2D eigenvalue weighted by atomic mass is 32.2. The van der Waals surface area contributed by atoms with Crippen molar-refractivity contribution in [1.29, 1.82) is 0 Å². The maximum Gasteiger partial charge on any atom is 0.253 e. The lowest BCUT2D eigenvalue weighted by Gasteiger charge is -2.21. The van der Waals surface area contributed by atoms with Crippen LogP contribution in [0.5, 0.6) is 0 Å². The summed E-state index contributed by atoms with van der Waals surface area (Å²) in [5, 5.41) is 2.99. The molecule has 1 aliphatic carbocycles. The second-order valence-corrected chi connectivity index (χ2v) is 8.84. The van der Waals surface area contributed by atoms with Gasteiger partial charge in [0.25, 0.3) is 5.91 Å². The minimum atomic E-state index is -3.45. The van der Waals surface area contributed by atoms with Crippen LogP contribution in [0.4, 0.5) is 5.69 Å². The van der Waals surface area contributed by atoms with Crippen molar-refractivity contribution >= 4 is 21.6 Å². The molecule has 0 fully saturated rings. The molecule has 0 saturated carbocycles. The van der Waals surface area contributed by atoms with E-state index in [1.807, 2.05) is 6.92 Å². The van der Waals surface area contributed by atoms with Gasteiger partial charge in [-0.2, -0.15) is 0 Å². The summed E-state index contributed by atoms with van der Waals surface area (Å²) in [6, 6.07) is 12.9. The molecule has 0 unspecified atom stereocenters. The van der Waals surface area contributed by atoms with Crippen LogP contribution >= 0.6 is 0 Å². The van der Waals surface area contributed by atoms with Crippen molar-refractivity contribution in [1.82, 2.24) is 5.32 Å². The molecule has 5 nitrogen and oxygen atoms in total. The van der Waals surface area contributed by atoms with Gasteiger partial charge in [0.1, 0.15) is 0 Å². The van der Waals surface area contributed by atoms with E-state index in [2.05, 4.69) is 23.5 Å². The van der Waals surface area contributed by atoms with E-state index in [-0.39, 0.29) is 11.9 Å². The predicted octanol–water partition coefficient (Wildman–Crippen LogP) is 3.06. The second kappa shape index (κ2) is 7.11. The van der Waals surface area contributed by atoms with E-state index in [1.54, 1.807) is 24.3 Å². The van der Waals surface area contributed by atoms with E-state index in [0.29, 0.717) is 11.3 Å². The molecule has 1 N–H and O–H groups in total. The van der Waals surface area contributed by atoms with Gasteiger partial charge in [-0.1, -0.05) is 30.3 Å². The highest BCUT2D eigenvalue weighted by Crippen LogP contribution is 2.26. The third-order valence-electron chi connectivity index (χ3n) is 4.96. The zero-order valence-corrected chi connectivity index (χ0v) is 16.1. The minimum Gasteiger partial charge on any atom is -0.345 e. The highest BCUT2D eigenvalue weighted by Gasteiger charge is 2.21. The Kier molecular flexibility index (Phi) is 5.05. The number of rotatable bonds is 5. The first-order valence-corrected chi connectivity index (χ1v) is 10.6. The number of amides is 1. The van der Waals surface area contributed by atoms with E-state index in [9.17, 15) is 13.2 Å². The van der Waals surface area contributed by atoms with Crippen molar-refractivity contribution in [3.8, 4) is 0 Å². The van der Waals surface area contributed by atoms with Crippen LogP contribution in [0.2, 0.25) is 0 Å². The molecule has 1 amide bonds. The van der Waals surface area contributed by atoms with Crippen LogP contribution < -0.4 is 9.62 Å². The molecule has 0 aromatic heterocycles. The molecule has 0 saturated heterocycles. The Morgan fingerprint density at radius 2 is 1.81 bits per heavy atom. The van der Waals surface area contributed by atoms with Crippen molar-refractivity contribution in [2.24, 2.45) is 0 Å². The Morgan fingerprint density at radius 1 is 1.12 bits per heavy atom. The number of sulfonamides is 1. The zero-order chi connectivity index (χ0) is 18.9. The molecule has 0 spiro atoms. The number of nitrogens with zero attached hydrogens (tertiary/aromatic N) is 1. The number of benzene rings is 2. The Morgan fingerprint density at radius 3 is 2.54 bits per heavy atom. The average molecular weight is 372 g/mol. The van der Waals surface area contributed by atoms with Crippen molar-refractivity contribution in [3.63, 3.8) is 0 Å². The smallest absolute Gasteiger partial charge is 0.253 e. The molecule has 2 aromatic rings. The Labute approximate surface area is 155 Å². The maximum atomic E-state index is 12.8. The number of aryl methyl sites for hydroxylation is 2. The third kappa shape index (κ3) is 3.75. The van der Waals surface area contributed by atoms with Gasteiger partial charge in [-0.25, -0.2) is 8.42 Å². The van der Waals surface area contributed by atoms with E-state index in [4.69, 9.17) is 0 Å². The first-order valence-electron chi connectivity index (χ1n) is 8.73. The van der Waals surface area contributed by atoms with Gasteiger partial charge in [-0.3, -0.25) is 9.10 Å². The molecule has 1 aliphatic rings. The zero-order valence-electron chi connectivity index (χ0n) is 15.3. The average Bonchev–Trinajstić information content (AvgIpc) is 3.07. The topological polar surface area (TPSA) is 66.5 Å². The normalized spacial score (nSPS) is 14.6. The van der Waals surface area contributed by atoms with Crippen molar-refractivity contribution < 1.29 is 13.2 Å². The lowest BCUT2D eigenvalue weighted by molar-refractivity contribution is 0.0940. The summed E-state index contributed by atoms with van der Waals surface area (Å²) in [6.07, 6.45) is 4.52. The first kappa shape index (κ1) is 18.5. The molecule has 138 valence electrons. The maximum absolute atomic E-state index is 12.8. The molecule has 6 heteroatoms. The quantitative estimate of drug-likeness (QED) is 0.877. The predicted molar refractivity (Wildman–Crippen MR) is 104 cm³/mol. The standard InChI is InChI=1S/C20H24N2O3S/c1-14(16-12-11-15-7-6-8-17(15)13-16)21-20(23)18-9-4-5-10-19(18)22(2)26(3,24)25/h4-5,9-14H,6-8H2,1-3H3,(H,21,23)/t14-/m1/s1. The van der Waals surface area contributed by atoms with Gasteiger partial charge in [-0.05, 0) is 55.0 Å². The molecule has 0 aliphatic heterocycles. The van der Waals surface area contributed by atoms with E-state index >= 15 is 0 Å². The van der Waals surface area contributed by atoms with Crippen LogP contribution in [-0.2, 0) is 22.9 Å². The van der Waals surface area contributed by atoms with Crippen molar-refractivity contribution in [2.45, 2.75) is 32.2 Å². The van der Waals surface area contributed by atoms with Gasteiger partial charge in [0.2, 0.25) is 10.0 Å². The van der Waals surface area contributed by atoms with Gasteiger partial charge in [0.15, 0.2) is 0 Å². The van der Waals surface area contributed by atoms with Gasteiger partial charge >= 0.3 is 0 Å². The number of carbonyl (C=O) groups excluding carboxylic acids is 1. The van der Waals surface area contributed by atoms with Crippen molar-refractivity contribution in [2.75, 3.05) is 17.6 Å². The summed E-state index contributed by atoms with van der Waals surface area (Å²) in [5.74, 6) is -0.288. The first-order chi connectivity index (χ1) is 12.3. The molecule has 26 heavy (non-hydrogen) atoms. The van der Waals surface area contributed by atoms with Crippen LogP contribution in [0.25, 0.3) is 0 Å². The van der Waals surface area contributed by atoms with Crippen LogP contribution in [0, 0.1) is 0 Å². The summed E-state index contributed by atoms with van der Waals surface area (Å²) in [4.78, 5) is 12.8. The SMILES string of the molecule is C[C@@H](NC(=O)c1ccccc1N(C)S(C)(=O)=O)c1ccc2c(c1)CCC2. The lowest BCUT2D eigenvalue weighted by Crippen LogP contribution is -2.31. The van der Waals surface area contributed by atoms with Gasteiger partial charge in [-0.15, -0.1) is 0 Å². The number of carbonyl (C=O) groups is 1. The van der Waals surface area contributed by atoms with Gasteiger partial charge < -0.3 is 5.32 Å². The largest absolute Gasteiger partial charge is 0.345 e. The third-order valence-corrected chi connectivity index (χ3v) is 6.15. The fraction of sp³-hybridized carbons (Fsp3) is 0.350. The second-order valence-electron chi connectivity index (χ2n) is 6.82. The molecule has 2 aromatic carbocycles. The van der Waals surface area contributed by atoms with Gasteiger partial charge in [0.05, 0.1) is 23.5 Å². The summed E-state index contributed by atoms with van der Waals surface area (Å²) >= 11 is 0. The molecule has 3 rings (SSSR count). The number of hydrogen-bond acceptors (Lipinski definition) is 3. The Hall–Kier alpha value is -2.34. The summed E-state index contributed by atoms with van der Waals surface area (Å²) in [5.41, 5.74) is 4.53. The van der Waals surface area contributed by atoms with Crippen LogP contribution in [-0.4, -0.2) is 27.6 Å². The minimum absolute atomic E-state index is 0.162. The summed E-state index contributed by atoms with van der Waals surface area (Å²) in [6.45, 7) is 1.94. The number of para-hydroxylation sites is 1. The van der Waals surface area contributed by atoms with Crippen LogP contribution in [0.1, 0.15) is 46.4 Å².